The Hall–Kier alpha value is -0.430. The fraction of sp³-hybridized carbons (Fsp3) is 0.545. The zero-order valence-electron chi connectivity index (χ0n) is 9.66. The molecule has 1 aliphatic heterocycles. The number of carbonyl (C=O) groups excluding carboxylic acids is 1. The van der Waals surface area contributed by atoms with Crippen LogP contribution in [0.15, 0.2) is 15.9 Å². The van der Waals surface area contributed by atoms with Crippen LogP contribution >= 0.6 is 27.3 Å². The maximum Gasteiger partial charge on any atom is 0.261 e. The van der Waals surface area contributed by atoms with Gasteiger partial charge in [0.05, 0.1) is 15.3 Å². The minimum Gasteiger partial charge on any atom is -0.349 e. The van der Waals surface area contributed by atoms with E-state index >= 15 is 0 Å². The molecule has 0 spiro atoms. The number of hydrogen-bond donors (Lipinski definition) is 1. The molecule has 1 atom stereocenters. The lowest BCUT2D eigenvalue weighted by Crippen LogP contribution is -2.34. The lowest BCUT2D eigenvalue weighted by atomic mass is 10.3. The molecule has 1 amide bonds. The molecule has 1 aromatic rings. The van der Waals surface area contributed by atoms with Crippen molar-refractivity contribution in [1.82, 2.24) is 5.32 Å². The van der Waals surface area contributed by atoms with E-state index in [2.05, 4.69) is 21.2 Å². The predicted molar refractivity (Wildman–Crippen MR) is 69.3 cm³/mol. The molecule has 0 saturated carbocycles. The minimum atomic E-state index is -0.540. The number of carbonyl (C=O) groups is 1. The van der Waals surface area contributed by atoms with E-state index in [0.29, 0.717) is 18.0 Å². The number of rotatable bonds is 3. The normalized spacial score (nSPS) is 22.6. The van der Waals surface area contributed by atoms with Gasteiger partial charge < -0.3 is 14.8 Å². The van der Waals surface area contributed by atoms with Crippen molar-refractivity contribution in [2.45, 2.75) is 25.7 Å². The van der Waals surface area contributed by atoms with E-state index in [1.54, 1.807) is 6.07 Å². The smallest absolute Gasteiger partial charge is 0.261 e. The molecule has 0 aromatic carbocycles. The molecule has 0 aliphatic carbocycles. The highest BCUT2D eigenvalue weighted by Crippen LogP contribution is 2.23. The summed E-state index contributed by atoms with van der Waals surface area (Å²) < 4.78 is 12.0. The molecule has 1 saturated heterocycles. The number of ether oxygens (including phenoxy) is 2. The summed E-state index contributed by atoms with van der Waals surface area (Å²) in [5, 5.41) is 2.84. The summed E-state index contributed by atoms with van der Waals surface area (Å²) in [6.45, 7) is 4.72. The Bertz CT molecular complexity index is 419. The Labute approximate surface area is 112 Å². The van der Waals surface area contributed by atoms with E-state index in [4.69, 9.17) is 9.47 Å². The van der Waals surface area contributed by atoms with Crippen LogP contribution in [0.25, 0.3) is 0 Å². The standard InChI is InChI=1S/C11H14BrNO3S/c1-11(2)15-6-7(16-11)5-13-10(14)8-3-4-9(12)17-8/h3-4,7H,5-6H2,1-2H3,(H,13,14). The summed E-state index contributed by atoms with van der Waals surface area (Å²) in [5.74, 6) is -0.615. The van der Waals surface area contributed by atoms with Gasteiger partial charge in [0.2, 0.25) is 0 Å². The van der Waals surface area contributed by atoms with Crippen molar-refractivity contribution in [2.24, 2.45) is 0 Å². The number of nitrogens with one attached hydrogen (secondary N) is 1. The van der Waals surface area contributed by atoms with Crippen LogP contribution in [0.4, 0.5) is 0 Å². The van der Waals surface area contributed by atoms with Gasteiger partial charge in [-0.25, -0.2) is 0 Å². The molecular weight excluding hydrogens is 306 g/mol. The molecule has 1 aliphatic rings. The molecule has 2 rings (SSSR count). The van der Waals surface area contributed by atoms with Gasteiger partial charge in [-0.3, -0.25) is 4.79 Å². The first-order valence-corrected chi connectivity index (χ1v) is 6.92. The molecule has 0 bridgehead atoms. The van der Waals surface area contributed by atoms with Crippen LogP contribution in [0.2, 0.25) is 0 Å². The Morgan fingerprint density at radius 3 is 2.94 bits per heavy atom. The van der Waals surface area contributed by atoms with Crippen molar-refractivity contribution in [1.29, 1.82) is 0 Å². The molecular formula is C11H14BrNO3S. The van der Waals surface area contributed by atoms with E-state index in [-0.39, 0.29) is 12.0 Å². The Balaban J connectivity index is 1.81. The zero-order valence-corrected chi connectivity index (χ0v) is 12.1. The number of hydrogen-bond acceptors (Lipinski definition) is 4. The van der Waals surface area contributed by atoms with Crippen LogP contribution in [0.3, 0.4) is 0 Å². The molecule has 0 radical (unpaired) electrons. The van der Waals surface area contributed by atoms with Gasteiger partial charge in [-0.2, -0.15) is 0 Å². The summed E-state index contributed by atoms with van der Waals surface area (Å²) in [7, 11) is 0. The average molecular weight is 320 g/mol. The van der Waals surface area contributed by atoms with Gasteiger partial charge in [-0.15, -0.1) is 11.3 Å². The quantitative estimate of drug-likeness (QED) is 0.930. The minimum absolute atomic E-state index is 0.0719. The second kappa shape index (κ2) is 5.06. The van der Waals surface area contributed by atoms with Gasteiger partial charge in [-0.05, 0) is 41.9 Å². The first-order chi connectivity index (χ1) is 7.96. The van der Waals surface area contributed by atoms with Crippen molar-refractivity contribution in [3.05, 3.63) is 20.8 Å². The van der Waals surface area contributed by atoms with E-state index in [1.807, 2.05) is 19.9 Å². The maximum absolute atomic E-state index is 11.8. The Morgan fingerprint density at radius 2 is 2.41 bits per heavy atom. The van der Waals surface area contributed by atoms with Crippen molar-refractivity contribution in [3.63, 3.8) is 0 Å². The van der Waals surface area contributed by atoms with Crippen molar-refractivity contribution >= 4 is 33.2 Å². The number of thiophene rings is 1. The first kappa shape index (κ1) is 13.0. The summed E-state index contributed by atoms with van der Waals surface area (Å²) in [6, 6.07) is 3.65. The SMILES string of the molecule is CC1(C)OCC(CNC(=O)c2ccc(Br)s2)O1. The molecule has 1 unspecified atom stereocenters. The van der Waals surface area contributed by atoms with Gasteiger partial charge in [0.15, 0.2) is 5.79 Å². The lowest BCUT2D eigenvalue weighted by molar-refractivity contribution is -0.137. The highest BCUT2D eigenvalue weighted by atomic mass is 79.9. The Morgan fingerprint density at radius 1 is 1.65 bits per heavy atom. The van der Waals surface area contributed by atoms with Gasteiger partial charge in [-0.1, -0.05) is 0 Å². The largest absolute Gasteiger partial charge is 0.349 e. The van der Waals surface area contributed by atoms with Gasteiger partial charge in [0.1, 0.15) is 6.10 Å². The fourth-order valence-electron chi connectivity index (χ4n) is 1.59. The third kappa shape index (κ3) is 3.51. The van der Waals surface area contributed by atoms with Crippen LogP contribution in [0.1, 0.15) is 23.5 Å². The number of halogens is 1. The molecule has 4 nitrogen and oxygen atoms in total. The van der Waals surface area contributed by atoms with Crippen molar-refractivity contribution in [3.8, 4) is 0 Å². The summed E-state index contributed by atoms with van der Waals surface area (Å²) >= 11 is 4.74. The van der Waals surface area contributed by atoms with E-state index < -0.39 is 5.79 Å². The van der Waals surface area contributed by atoms with Gasteiger partial charge in [0, 0.05) is 6.54 Å². The topological polar surface area (TPSA) is 47.6 Å². The van der Waals surface area contributed by atoms with Gasteiger partial charge >= 0.3 is 0 Å². The van der Waals surface area contributed by atoms with Gasteiger partial charge in [0.25, 0.3) is 5.91 Å². The van der Waals surface area contributed by atoms with Crippen LogP contribution in [0.5, 0.6) is 0 Å². The average Bonchev–Trinajstić information content (AvgIpc) is 2.81. The van der Waals surface area contributed by atoms with Crippen molar-refractivity contribution < 1.29 is 14.3 Å². The monoisotopic (exact) mass is 319 g/mol. The van der Waals surface area contributed by atoms with E-state index in [1.165, 1.54) is 11.3 Å². The third-order valence-corrected chi connectivity index (χ3v) is 3.98. The third-order valence-electron chi connectivity index (χ3n) is 2.35. The van der Waals surface area contributed by atoms with Crippen LogP contribution in [-0.4, -0.2) is 30.9 Å². The second-order valence-electron chi connectivity index (χ2n) is 4.26. The second-order valence-corrected chi connectivity index (χ2v) is 6.73. The molecule has 2 heterocycles. The molecule has 1 N–H and O–H groups in total. The van der Waals surface area contributed by atoms with Crippen LogP contribution in [0, 0.1) is 0 Å². The van der Waals surface area contributed by atoms with Crippen LogP contribution < -0.4 is 5.32 Å². The zero-order chi connectivity index (χ0) is 12.5. The highest BCUT2D eigenvalue weighted by Gasteiger charge is 2.32. The summed E-state index contributed by atoms with van der Waals surface area (Å²) in [5.41, 5.74) is 0. The Kier molecular flexibility index (Phi) is 3.87. The maximum atomic E-state index is 11.8. The molecule has 1 fully saturated rings. The highest BCUT2D eigenvalue weighted by molar-refractivity contribution is 9.11. The summed E-state index contributed by atoms with van der Waals surface area (Å²) in [6.07, 6.45) is -0.0719. The molecule has 6 heteroatoms. The summed E-state index contributed by atoms with van der Waals surface area (Å²) in [4.78, 5) is 12.4. The van der Waals surface area contributed by atoms with Crippen molar-refractivity contribution in [2.75, 3.05) is 13.2 Å². The number of amides is 1. The predicted octanol–water partition coefficient (Wildman–Crippen LogP) is 2.39. The van der Waals surface area contributed by atoms with Crippen LogP contribution in [-0.2, 0) is 9.47 Å². The lowest BCUT2D eigenvalue weighted by Gasteiger charge is -2.17. The molecule has 17 heavy (non-hydrogen) atoms. The molecule has 94 valence electrons. The first-order valence-electron chi connectivity index (χ1n) is 5.31. The van der Waals surface area contributed by atoms with E-state index in [0.717, 1.165) is 3.79 Å². The fourth-order valence-corrected chi connectivity index (χ4v) is 2.90. The van der Waals surface area contributed by atoms with E-state index in [9.17, 15) is 4.79 Å². The molecule has 1 aromatic heterocycles.